The fraction of sp³-hybridized carbons (Fsp3) is 0.300. The Hall–Kier alpha value is -3.02. The summed E-state index contributed by atoms with van der Waals surface area (Å²) in [6.45, 7) is 0.573. The number of ether oxygens (including phenoxy) is 1. The minimum Gasteiger partial charge on any atom is -0.469 e. The number of nitrogens with zero attached hydrogens (tertiary/aromatic N) is 2. The normalized spacial score (nSPS) is 10.2. The maximum atomic E-state index is 12.6. The molecule has 0 bridgehead atoms. The molecule has 1 heterocycles. The lowest BCUT2D eigenvalue weighted by Crippen LogP contribution is -2.33. The van der Waals surface area contributed by atoms with Crippen LogP contribution in [0.3, 0.4) is 0 Å². The summed E-state index contributed by atoms with van der Waals surface area (Å²) >= 11 is 0. The van der Waals surface area contributed by atoms with Gasteiger partial charge in [-0.3, -0.25) is 19.4 Å². The van der Waals surface area contributed by atoms with E-state index in [-0.39, 0.29) is 43.5 Å². The molecule has 1 aromatic heterocycles. The van der Waals surface area contributed by atoms with Gasteiger partial charge in [-0.25, -0.2) is 0 Å². The van der Waals surface area contributed by atoms with Gasteiger partial charge in [0.05, 0.1) is 13.5 Å². The van der Waals surface area contributed by atoms with Crippen molar-refractivity contribution in [2.75, 3.05) is 13.7 Å². The number of esters is 1. The van der Waals surface area contributed by atoms with Gasteiger partial charge < -0.3 is 9.64 Å². The van der Waals surface area contributed by atoms with Gasteiger partial charge in [0.1, 0.15) is 0 Å². The number of aromatic nitrogens is 1. The number of carbonyl (C=O) groups excluding carboxylic acids is 3. The molecule has 1 amide bonds. The first-order valence-electron chi connectivity index (χ1n) is 8.42. The van der Waals surface area contributed by atoms with E-state index in [0.29, 0.717) is 12.1 Å². The molecule has 2 aromatic rings. The Balaban J connectivity index is 1.97. The topological polar surface area (TPSA) is 76.6 Å². The molecule has 0 spiro atoms. The minimum atomic E-state index is -0.380. The van der Waals surface area contributed by atoms with E-state index in [4.69, 9.17) is 0 Å². The van der Waals surface area contributed by atoms with Crippen molar-refractivity contribution in [1.82, 2.24) is 9.88 Å². The Morgan fingerprint density at radius 3 is 2.42 bits per heavy atom. The molecule has 0 unspecified atom stereocenters. The number of pyridine rings is 1. The smallest absolute Gasteiger partial charge is 0.307 e. The van der Waals surface area contributed by atoms with Crippen LogP contribution in [-0.2, 0) is 20.9 Å². The van der Waals surface area contributed by atoms with Gasteiger partial charge in [-0.2, -0.15) is 0 Å². The van der Waals surface area contributed by atoms with Crippen molar-refractivity contribution in [3.8, 4) is 0 Å². The van der Waals surface area contributed by atoms with Gasteiger partial charge in [-0.05, 0) is 11.6 Å². The SMILES string of the molecule is COC(=O)CCN(Cc1cccnc1)C(=O)CCC(=O)c1ccccc1. The van der Waals surface area contributed by atoms with E-state index in [9.17, 15) is 14.4 Å². The Morgan fingerprint density at radius 1 is 1.00 bits per heavy atom. The van der Waals surface area contributed by atoms with Gasteiger partial charge in [-0.1, -0.05) is 36.4 Å². The standard InChI is InChI=1S/C20H22N2O4/c1-26-20(25)11-13-22(15-16-6-5-12-21-14-16)19(24)10-9-18(23)17-7-3-2-4-8-17/h2-8,12,14H,9-11,13,15H2,1H3. The summed E-state index contributed by atoms with van der Waals surface area (Å²) in [5.41, 5.74) is 1.45. The summed E-state index contributed by atoms with van der Waals surface area (Å²) in [6.07, 6.45) is 3.66. The molecule has 0 aliphatic rings. The average Bonchev–Trinajstić information content (AvgIpc) is 2.70. The summed E-state index contributed by atoms with van der Waals surface area (Å²) in [5.74, 6) is -0.635. The van der Waals surface area contributed by atoms with Crippen molar-refractivity contribution < 1.29 is 19.1 Å². The van der Waals surface area contributed by atoms with Crippen LogP contribution in [0.1, 0.15) is 35.2 Å². The summed E-state index contributed by atoms with van der Waals surface area (Å²) in [6, 6.07) is 12.5. The van der Waals surface area contributed by atoms with Crippen LogP contribution in [0.4, 0.5) is 0 Å². The Bertz CT molecular complexity index is 732. The highest BCUT2D eigenvalue weighted by Crippen LogP contribution is 2.10. The maximum absolute atomic E-state index is 12.6. The second kappa shape index (κ2) is 10.1. The predicted molar refractivity (Wildman–Crippen MR) is 96.3 cm³/mol. The summed E-state index contributed by atoms with van der Waals surface area (Å²) in [7, 11) is 1.31. The van der Waals surface area contributed by atoms with Gasteiger partial charge in [-0.15, -0.1) is 0 Å². The Morgan fingerprint density at radius 2 is 1.77 bits per heavy atom. The van der Waals surface area contributed by atoms with Crippen molar-refractivity contribution in [3.05, 3.63) is 66.0 Å². The fourth-order valence-electron chi connectivity index (χ4n) is 2.48. The lowest BCUT2D eigenvalue weighted by atomic mass is 10.1. The average molecular weight is 354 g/mol. The van der Waals surface area contributed by atoms with Crippen molar-refractivity contribution in [2.45, 2.75) is 25.8 Å². The number of amides is 1. The van der Waals surface area contributed by atoms with Crippen molar-refractivity contribution in [2.24, 2.45) is 0 Å². The molecule has 0 atom stereocenters. The van der Waals surface area contributed by atoms with Crippen LogP contribution in [0, 0.1) is 0 Å². The number of ketones is 1. The monoisotopic (exact) mass is 354 g/mol. The minimum absolute atomic E-state index is 0.0757. The van der Waals surface area contributed by atoms with E-state index in [1.165, 1.54) is 7.11 Å². The third-order valence-corrected chi connectivity index (χ3v) is 3.92. The molecule has 0 fully saturated rings. The molecular formula is C20H22N2O4. The molecule has 1 aromatic carbocycles. The number of rotatable bonds is 9. The molecule has 136 valence electrons. The van der Waals surface area contributed by atoms with Crippen molar-refractivity contribution >= 4 is 17.7 Å². The first kappa shape index (κ1) is 19.3. The molecule has 6 nitrogen and oxygen atoms in total. The quantitative estimate of drug-likeness (QED) is 0.511. The van der Waals surface area contributed by atoms with Crippen LogP contribution in [0.2, 0.25) is 0 Å². The molecular weight excluding hydrogens is 332 g/mol. The summed E-state index contributed by atoms with van der Waals surface area (Å²) in [4.78, 5) is 41.8. The highest BCUT2D eigenvalue weighted by Gasteiger charge is 2.17. The third-order valence-electron chi connectivity index (χ3n) is 3.92. The predicted octanol–water partition coefficient (Wildman–Crippen LogP) is 2.64. The van der Waals surface area contributed by atoms with Crippen LogP contribution in [0.15, 0.2) is 54.9 Å². The van der Waals surface area contributed by atoms with E-state index in [2.05, 4.69) is 9.72 Å². The molecule has 26 heavy (non-hydrogen) atoms. The zero-order chi connectivity index (χ0) is 18.8. The number of hydrogen-bond acceptors (Lipinski definition) is 5. The Kier molecular flexibility index (Phi) is 7.49. The lowest BCUT2D eigenvalue weighted by Gasteiger charge is -2.22. The maximum Gasteiger partial charge on any atom is 0.307 e. The number of methoxy groups -OCH3 is 1. The molecule has 0 saturated heterocycles. The molecule has 0 aliphatic heterocycles. The van der Waals surface area contributed by atoms with Crippen LogP contribution in [0.25, 0.3) is 0 Å². The fourth-order valence-corrected chi connectivity index (χ4v) is 2.48. The molecule has 0 N–H and O–H groups in total. The molecule has 0 aliphatic carbocycles. The highest BCUT2D eigenvalue weighted by molar-refractivity contribution is 5.97. The van der Waals surface area contributed by atoms with Gasteiger partial charge in [0, 0.05) is 43.9 Å². The Labute approximate surface area is 152 Å². The lowest BCUT2D eigenvalue weighted by molar-refractivity contribution is -0.142. The second-order valence-corrected chi connectivity index (χ2v) is 5.79. The van der Waals surface area contributed by atoms with E-state index in [1.54, 1.807) is 47.6 Å². The van der Waals surface area contributed by atoms with Crippen molar-refractivity contribution in [1.29, 1.82) is 0 Å². The van der Waals surface area contributed by atoms with Crippen LogP contribution < -0.4 is 0 Å². The second-order valence-electron chi connectivity index (χ2n) is 5.79. The largest absolute Gasteiger partial charge is 0.469 e. The van der Waals surface area contributed by atoms with E-state index < -0.39 is 0 Å². The number of carbonyl (C=O) groups is 3. The summed E-state index contributed by atoms with van der Waals surface area (Å²) < 4.78 is 4.64. The van der Waals surface area contributed by atoms with Crippen LogP contribution >= 0.6 is 0 Å². The van der Waals surface area contributed by atoms with E-state index >= 15 is 0 Å². The van der Waals surface area contributed by atoms with E-state index in [1.807, 2.05) is 12.1 Å². The highest BCUT2D eigenvalue weighted by atomic mass is 16.5. The molecule has 0 saturated carbocycles. The van der Waals surface area contributed by atoms with Gasteiger partial charge in [0.25, 0.3) is 0 Å². The summed E-state index contributed by atoms with van der Waals surface area (Å²) in [5, 5.41) is 0. The van der Waals surface area contributed by atoms with Crippen LogP contribution in [0.5, 0.6) is 0 Å². The van der Waals surface area contributed by atoms with E-state index in [0.717, 1.165) is 5.56 Å². The number of hydrogen-bond donors (Lipinski definition) is 0. The number of benzene rings is 1. The molecule has 6 heteroatoms. The molecule has 0 radical (unpaired) electrons. The zero-order valence-electron chi connectivity index (χ0n) is 14.8. The molecule has 2 rings (SSSR count). The van der Waals surface area contributed by atoms with Gasteiger partial charge in [0.2, 0.25) is 5.91 Å². The number of Topliss-reactive ketones (excluding diaryl/α,β-unsaturated/α-hetero) is 1. The zero-order valence-corrected chi connectivity index (χ0v) is 14.8. The van der Waals surface area contributed by atoms with Gasteiger partial charge in [0.15, 0.2) is 5.78 Å². The van der Waals surface area contributed by atoms with Crippen LogP contribution in [-0.4, -0.2) is 41.2 Å². The van der Waals surface area contributed by atoms with Crippen molar-refractivity contribution in [3.63, 3.8) is 0 Å². The first-order chi connectivity index (χ1) is 12.6. The third kappa shape index (κ3) is 6.12. The first-order valence-corrected chi connectivity index (χ1v) is 8.42. The van der Waals surface area contributed by atoms with Gasteiger partial charge >= 0.3 is 5.97 Å².